The Labute approximate surface area is 80.0 Å². The fraction of sp³-hybridized carbons (Fsp3) is 1.00. The highest BCUT2D eigenvalue weighted by molar-refractivity contribution is 4.64. The van der Waals surface area contributed by atoms with E-state index < -0.39 is 6.29 Å². The minimum absolute atomic E-state index is 0.0951. The lowest BCUT2D eigenvalue weighted by molar-refractivity contribution is -0.186. The third-order valence-electron chi connectivity index (χ3n) is 2.58. The second-order valence-corrected chi connectivity index (χ2v) is 3.75. The molecule has 2 unspecified atom stereocenters. The molecule has 1 rings (SSSR count). The zero-order chi connectivity index (χ0) is 9.68. The van der Waals surface area contributed by atoms with Crippen molar-refractivity contribution in [3.8, 4) is 0 Å². The standard InChI is InChI=1S/C10H20O3/c1-3-8(2)10(11)13-9-5-4-6-12-7-9/h8-11H,3-7H2,1-2H3/t8-,9?,10?/m0/s1. The molecule has 3 atom stereocenters. The van der Waals surface area contributed by atoms with E-state index >= 15 is 0 Å². The number of hydrogen-bond donors (Lipinski definition) is 1. The van der Waals surface area contributed by atoms with Crippen LogP contribution in [-0.2, 0) is 9.47 Å². The molecule has 0 amide bonds. The molecule has 1 aliphatic rings. The first kappa shape index (κ1) is 11.0. The molecule has 78 valence electrons. The van der Waals surface area contributed by atoms with E-state index in [0.717, 1.165) is 25.9 Å². The quantitative estimate of drug-likeness (QED) is 0.680. The summed E-state index contributed by atoms with van der Waals surface area (Å²) in [6.45, 7) is 5.51. The zero-order valence-electron chi connectivity index (χ0n) is 8.53. The maximum atomic E-state index is 9.59. The van der Waals surface area contributed by atoms with Gasteiger partial charge in [0.15, 0.2) is 6.29 Å². The molecule has 0 aromatic heterocycles. The van der Waals surface area contributed by atoms with E-state index in [-0.39, 0.29) is 12.0 Å². The Bertz CT molecular complexity index is 132. The molecule has 1 N–H and O–H groups in total. The molecule has 0 saturated carbocycles. The van der Waals surface area contributed by atoms with Gasteiger partial charge in [-0.1, -0.05) is 13.8 Å². The van der Waals surface area contributed by atoms with Crippen molar-refractivity contribution in [3.05, 3.63) is 0 Å². The summed E-state index contributed by atoms with van der Waals surface area (Å²) in [4.78, 5) is 0. The van der Waals surface area contributed by atoms with Gasteiger partial charge in [-0.3, -0.25) is 0 Å². The Kier molecular flexibility index (Phi) is 4.70. The lowest BCUT2D eigenvalue weighted by Gasteiger charge is -2.27. The van der Waals surface area contributed by atoms with Gasteiger partial charge in [0.2, 0.25) is 0 Å². The van der Waals surface area contributed by atoms with Crippen molar-refractivity contribution in [3.63, 3.8) is 0 Å². The van der Waals surface area contributed by atoms with Gasteiger partial charge in [-0.05, 0) is 19.3 Å². The van der Waals surface area contributed by atoms with Gasteiger partial charge in [-0.2, -0.15) is 0 Å². The molecule has 1 saturated heterocycles. The van der Waals surface area contributed by atoms with Crippen LogP contribution in [0.15, 0.2) is 0 Å². The van der Waals surface area contributed by atoms with Crippen molar-refractivity contribution < 1.29 is 14.6 Å². The summed E-state index contributed by atoms with van der Waals surface area (Å²) >= 11 is 0. The van der Waals surface area contributed by atoms with Crippen molar-refractivity contribution in [2.75, 3.05) is 13.2 Å². The Balaban J connectivity index is 2.21. The lowest BCUT2D eigenvalue weighted by atomic mass is 10.1. The molecule has 0 aliphatic carbocycles. The first-order valence-electron chi connectivity index (χ1n) is 5.15. The Morgan fingerprint density at radius 2 is 2.38 bits per heavy atom. The van der Waals surface area contributed by atoms with Crippen LogP contribution in [0.25, 0.3) is 0 Å². The van der Waals surface area contributed by atoms with E-state index in [0.29, 0.717) is 6.61 Å². The van der Waals surface area contributed by atoms with Crippen LogP contribution in [0.1, 0.15) is 33.1 Å². The van der Waals surface area contributed by atoms with Gasteiger partial charge in [0.1, 0.15) is 0 Å². The van der Waals surface area contributed by atoms with Crippen LogP contribution in [0, 0.1) is 5.92 Å². The van der Waals surface area contributed by atoms with Crippen LogP contribution in [0.3, 0.4) is 0 Å². The second-order valence-electron chi connectivity index (χ2n) is 3.75. The normalized spacial score (nSPS) is 28.4. The van der Waals surface area contributed by atoms with Gasteiger partial charge < -0.3 is 14.6 Å². The number of ether oxygens (including phenoxy) is 2. The number of aliphatic hydroxyl groups excluding tert-OH is 1. The fourth-order valence-corrected chi connectivity index (χ4v) is 1.35. The molecule has 0 radical (unpaired) electrons. The molecule has 1 heterocycles. The highest BCUT2D eigenvalue weighted by atomic mass is 16.6. The van der Waals surface area contributed by atoms with Crippen LogP contribution >= 0.6 is 0 Å². The lowest BCUT2D eigenvalue weighted by Crippen LogP contribution is -2.32. The van der Waals surface area contributed by atoms with Crippen LogP contribution in [0.2, 0.25) is 0 Å². The zero-order valence-corrected chi connectivity index (χ0v) is 8.53. The van der Waals surface area contributed by atoms with Crippen molar-refractivity contribution in [1.82, 2.24) is 0 Å². The van der Waals surface area contributed by atoms with E-state index in [4.69, 9.17) is 9.47 Å². The molecule has 0 aromatic carbocycles. The predicted molar refractivity (Wildman–Crippen MR) is 50.4 cm³/mol. The number of aliphatic hydroxyl groups is 1. The summed E-state index contributed by atoms with van der Waals surface area (Å²) in [5.74, 6) is 0.210. The SMILES string of the molecule is CC[C@H](C)C(O)OC1CCCOC1. The van der Waals surface area contributed by atoms with Crippen LogP contribution in [0.4, 0.5) is 0 Å². The third kappa shape index (κ3) is 3.63. The first-order valence-corrected chi connectivity index (χ1v) is 5.15. The van der Waals surface area contributed by atoms with E-state index in [1.54, 1.807) is 0 Å². The van der Waals surface area contributed by atoms with Gasteiger partial charge in [0.05, 0.1) is 12.7 Å². The van der Waals surface area contributed by atoms with E-state index in [1.807, 2.05) is 6.92 Å². The Morgan fingerprint density at radius 3 is 2.92 bits per heavy atom. The van der Waals surface area contributed by atoms with E-state index in [2.05, 4.69) is 6.92 Å². The first-order chi connectivity index (χ1) is 6.24. The highest BCUT2D eigenvalue weighted by Gasteiger charge is 2.20. The molecular formula is C10H20O3. The van der Waals surface area contributed by atoms with E-state index in [9.17, 15) is 5.11 Å². The van der Waals surface area contributed by atoms with Crippen molar-refractivity contribution in [2.24, 2.45) is 5.92 Å². The third-order valence-corrected chi connectivity index (χ3v) is 2.58. The van der Waals surface area contributed by atoms with Gasteiger partial charge in [-0.25, -0.2) is 0 Å². The van der Waals surface area contributed by atoms with Crippen LogP contribution in [-0.4, -0.2) is 30.7 Å². The molecule has 3 nitrogen and oxygen atoms in total. The maximum absolute atomic E-state index is 9.59. The Morgan fingerprint density at radius 1 is 1.62 bits per heavy atom. The summed E-state index contributed by atoms with van der Waals surface area (Å²) in [6, 6.07) is 0. The topological polar surface area (TPSA) is 38.7 Å². The number of rotatable bonds is 4. The molecule has 13 heavy (non-hydrogen) atoms. The predicted octanol–water partition coefficient (Wildman–Crippen LogP) is 1.55. The van der Waals surface area contributed by atoms with Crippen molar-refractivity contribution in [2.45, 2.75) is 45.5 Å². The smallest absolute Gasteiger partial charge is 0.157 e. The summed E-state index contributed by atoms with van der Waals surface area (Å²) in [6.07, 6.45) is 2.45. The summed E-state index contributed by atoms with van der Waals surface area (Å²) in [5.41, 5.74) is 0. The maximum Gasteiger partial charge on any atom is 0.157 e. The molecule has 0 bridgehead atoms. The van der Waals surface area contributed by atoms with Gasteiger partial charge >= 0.3 is 0 Å². The fourth-order valence-electron chi connectivity index (χ4n) is 1.35. The molecule has 0 spiro atoms. The van der Waals surface area contributed by atoms with Crippen LogP contribution < -0.4 is 0 Å². The summed E-state index contributed by atoms with van der Waals surface area (Å²) in [7, 11) is 0. The van der Waals surface area contributed by atoms with Gasteiger partial charge in [-0.15, -0.1) is 0 Å². The molecule has 1 fully saturated rings. The summed E-state index contributed by atoms with van der Waals surface area (Å²) < 4.78 is 10.7. The Hall–Kier alpha value is -0.120. The van der Waals surface area contributed by atoms with Crippen molar-refractivity contribution >= 4 is 0 Å². The van der Waals surface area contributed by atoms with Gasteiger partial charge in [0.25, 0.3) is 0 Å². The number of hydrogen-bond acceptors (Lipinski definition) is 3. The molecular weight excluding hydrogens is 168 g/mol. The minimum atomic E-state index is -0.628. The second kappa shape index (κ2) is 5.58. The largest absolute Gasteiger partial charge is 0.379 e. The summed E-state index contributed by atoms with van der Waals surface area (Å²) in [5, 5.41) is 9.59. The van der Waals surface area contributed by atoms with Crippen molar-refractivity contribution in [1.29, 1.82) is 0 Å². The molecule has 3 heteroatoms. The average Bonchev–Trinajstić information content (AvgIpc) is 2.18. The van der Waals surface area contributed by atoms with Gasteiger partial charge in [0, 0.05) is 12.5 Å². The van der Waals surface area contributed by atoms with Crippen LogP contribution in [0.5, 0.6) is 0 Å². The monoisotopic (exact) mass is 188 g/mol. The highest BCUT2D eigenvalue weighted by Crippen LogP contribution is 2.16. The average molecular weight is 188 g/mol. The molecule has 0 aromatic rings. The molecule has 1 aliphatic heterocycles. The minimum Gasteiger partial charge on any atom is -0.379 e. The van der Waals surface area contributed by atoms with E-state index in [1.165, 1.54) is 0 Å².